The van der Waals surface area contributed by atoms with Crippen LogP contribution in [-0.2, 0) is 13.1 Å². The number of nitrogens with zero attached hydrogens (tertiary/aromatic N) is 2. The van der Waals surface area contributed by atoms with Crippen LogP contribution in [0.2, 0.25) is 0 Å². The van der Waals surface area contributed by atoms with Gasteiger partial charge >= 0.3 is 0 Å². The Bertz CT molecular complexity index is 380. The summed E-state index contributed by atoms with van der Waals surface area (Å²) in [7, 11) is 4.17. The van der Waals surface area contributed by atoms with Crippen LogP contribution in [0.15, 0.2) is 18.2 Å². The van der Waals surface area contributed by atoms with Crippen LogP contribution in [-0.4, -0.2) is 43.5 Å². The maximum atomic E-state index is 13.2. The van der Waals surface area contributed by atoms with Gasteiger partial charge in [0.2, 0.25) is 0 Å². The predicted molar refractivity (Wildman–Crippen MR) is 78.4 cm³/mol. The Kier molecular flexibility index (Phi) is 6.99. The molecule has 0 atom stereocenters. The van der Waals surface area contributed by atoms with E-state index in [1.54, 1.807) is 6.07 Å². The second-order valence-electron chi connectivity index (χ2n) is 5.14. The summed E-state index contributed by atoms with van der Waals surface area (Å²) in [4.78, 5) is 4.56. The maximum Gasteiger partial charge on any atom is 0.123 e. The number of hydrogen-bond donors (Lipinski definition) is 1. The molecule has 4 heteroatoms. The lowest BCUT2D eigenvalue weighted by atomic mass is 10.1. The van der Waals surface area contributed by atoms with Gasteiger partial charge in [-0.2, -0.15) is 0 Å². The normalized spacial score (nSPS) is 11.5. The minimum atomic E-state index is -0.208. The molecule has 0 saturated carbocycles. The molecule has 0 radical (unpaired) electrons. The highest BCUT2D eigenvalue weighted by Crippen LogP contribution is 2.13. The fourth-order valence-electron chi connectivity index (χ4n) is 2.14. The first-order valence-electron chi connectivity index (χ1n) is 6.91. The highest BCUT2D eigenvalue weighted by molar-refractivity contribution is 5.27. The van der Waals surface area contributed by atoms with Crippen molar-refractivity contribution in [3.8, 4) is 0 Å². The summed E-state index contributed by atoms with van der Waals surface area (Å²) in [6, 6.07) is 4.91. The fourth-order valence-corrected chi connectivity index (χ4v) is 2.14. The van der Waals surface area contributed by atoms with Gasteiger partial charge in [0.25, 0.3) is 0 Å². The first kappa shape index (κ1) is 16.1. The molecule has 2 N–H and O–H groups in total. The summed E-state index contributed by atoms with van der Waals surface area (Å²) in [6.45, 7) is 6.52. The molecule has 1 rings (SSSR count). The minimum Gasteiger partial charge on any atom is -0.326 e. The zero-order chi connectivity index (χ0) is 14.3. The molecule has 1 aromatic carbocycles. The zero-order valence-electron chi connectivity index (χ0n) is 12.3. The lowest BCUT2D eigenvalue weighted by Gasteiger charge is -2.22. The van der Waals surface area contributed by atoms with E-state index in [0.717, 1.165) is 43.7 Å². The summed E-state index contributed by atoms with van der Waals surface area (Å²) >= 11 is 0. The molecule has 0 heterocycles. The van der Waals surface area contributed by atoms with Crippen molar-refractivity contribution in [3.63, 3.8) is 0 Å². The van der Waals surface area contributed by atoms with Gasteiger partial charge in [0, 0.05) is 13.1 Å². The van der Waals surface area contributed by atoms with Crippen molar-refractivity contribution < 1.29 is 4.39 Å². The van der Waals surface area contributed by atoms with Gasteiger partial charge in [-0.1, -0.05) is 13.0 Å². The van der Waals surface area contributed by atoms with Gasteiger partial charge in [0.05, 0.1) is 0 Å². The summed E-state index contributed by atoms with van der Waals surface area (Å²) < 4.78 is 13.2. The van der Waals surface area contributed by atoms with Crippen LogP contribution in [0.3, 0.4) is 0 Å². The molecule has 0 fully saturated rings. The Balaban J connectivity index is 2.59. The first-order valence-corrected chi connectivity index (χ1v) is 6.91. The van der Waals surface area contributed by atoms with Gasteiger partial charge in [-0.05, 0) is 63.4 Å². The van der Waals surface area contributed by atoms with Crippen LogP contribution < -0.4 is 5.73 Å². The molecule has 0 unspecified atom stereocenters. The number of benzene rings is 1. The van der Waals surface area contributed by atoms with Gasteiger partial charge in [-0.25, -0.2) is 4.39 Å². The Labute approximate surface area is 116 Å². The van der Waals surface area contributed by atoms with E-state index in [-0.39, 0.29) is 5.82 Å². The lowest BCUT2D eigenvalue weighted by molar-refractivity contribution is 0.258. The minimum absolute atomic E-state index is 0.208. The van der Waals surface area contributed by atoms with Crippen LogP contribution in [0.25, 0.3) is 0 Å². The van der Waals surface area contributed by atoms with E-state index in [1.165, 1.54) is 6.07 Å². The second kappa shape index (κ2) is 8.25. The van der Waals surface area contributed by atoms with Crippen molar-refractivity contribution in [1.82, 2.24) is 9.80 Å². The van der Waals surface area contributed by atoms with Crippen LogP contribution in [0, 0.1) is 5.82 Å². The van der Waals surface area contributed by atoms with Crippen molar-refractivity contribution >= 4 is 0 Å². The van der Waals surface area contributed by atoms with E-state index in [4.69, 9.17) is 5.73 Å². The Morgan fingerprint density at radius 3 is 2.47 bits per heavy atom. The van der Waals surface area contributed by atoms with Crippen LogP contribution in [0.1, 0.15) is 24.5 Å². The summed E-state index contributed by atoms with van der Waals surface area (Å²) in [5.74, 6) is -0.208. The number of hydrogen-bond acceptors (Lipinski definition) is 3. The van der Waals surface area contributed by atoms with Gasteiger partial charge in [0.1, 0.15) is 5.82 Å². The summed E-state index contributed by atoms with van der Waals surface area (Å²) in [5, 5.41) is 0. The molecule has 0 aromatic heterocycles. The van der Waals surface area contributed by atoms with Crippen molar-refractivity contribution in [2.45, 2.75) is 26.4 Å². The van der Waals surface area contributed by atoms with Crippen molar-refractivity contribution in [2.75, 3.05) is 33.7 Å². The zero-order valence-corrected chi connectivity index (χ0v) is 12.3. The number of nitrogens with two attached hydrogens (primary N) is 1. The van der Waals surface area contributed by atoms with Gasteiger partial charge < -0.3 is 10.6 Å². The van der Waals surface area contributed by atoms with Gasteiger partial charge in [-0.15, -0.1) is 0 Å². The molecule has 1 aromatic rings. The van der Waals surface area contributed by atoms with E-state index in [9.17, 15) is 4.39 Å². The standard InChI is InChI=1S/C15H26FN3/c1-4-19(9-5-8-18(2)3)12-13-6-7-15(16)10-14(13)11-17/h6-7,10H,4-5,8-9,11-12,17H2,1-3H3. The maximum absolute atomic E-state index is 13.2. The largest absolute Gasteiger partial charge is 0.326 e. The third kappa shape index (κ3) is 5.68. The molecule has 19 heavy (non-hydrogen) atoms. The third-order valence-electron chi connectivity index (χ3n) is 3.31. The van der Waals surface area contributed by atoms with E-state index >= 15 is 0 Å². The highest BCUT2D eigenvalue weighted by atomic mass is 19.1. The van der Waals surface area contributed by atoms with Crippen LogP contribution in [0.4, 0.5) is 4.39 Å². The molecule has 0 aliphatic carbocycles. The Morgan fingerprint density at radius 2 is 1.89 bits per heavy atom. The Hall–Kier alpha value is -0.970. The van der Waals surface area contributed by atoms with E-state index in [0.29, 0.717) is 6.54 Å². The summed E-state index contributed by atoms with van der Waals surface area (Å²) in [6.07, 6.45) is 1.14. The topological polar surface area (TPSA) is 32.5 Å². The average Bonchev–Trinajstić information content (AvgIpc) is 2.38. The summed E-state index contributed by atoms with van der Waals surface area (Å²) in [5.41, 5.74) is 7.73. The molecule has 0 bridgehead atoms. The molecule has 3 nitrogen and oxygen atoms in total. The van der Waals surface area contributed by atoms with Crippen LogP contribution >= 0.6 is 0 Å². The SMILES string of the molecule is CCN(CCCN(C)C)Cc1ccc(F)cc1CN. The van der Waals surface area contributed by atoms with E-state index in [2.05, 4.69) is 30.8 Å². The molecule has 108 valence electrons. The Morgan fingerprint density at radius 1 is 1.16 bits per heavy atom. The molecule has 0 aliphatic rings. The van der Waals surface area contributed by atoms with Crippen molar-refractivity contribution in [2.24, 2.45) is 5.73 Å². The van der Waals surface area contributed by atoms with E-state index < -0.39 is 0 Å². The van der Waals surface area contributed by atoms with Crippen LogP contribution in [0.5, 0.6) is 0 Å². The lowest BCUT2D eigenvalue weighted by Crippen LogP contribution is -2.27. The fraction of sp³-hybridized carbons (Fsp3) is 0.600. The highest BCUT2D eigenvalue weighted by Gasteiger charge is 2.08. The van der Waals surface area contributed by atoms with Gasteiger partial charge in [0.15, 0.2) is 0 Å². The molecule has 0 amide bonds. The van der Waals surface area contributed by atoms with Gasteiger partial charge in [-0.3, -0.25) is 4.90 Å². The van der Waals surface area contributed by atoms with Crippen molar-refractivity contribution in [1.29, 1.82) is 0 Å². The molecular weight excluding hydrogens is 241 g/mol. The molecule has 0 aliphatic heterocycles. The quantitative estimate of drug-likeness (QED) is 0.782. The molecular formula is C15H26FN3. The predicted octanol–water partition coefficient (Wildman–Crippen LogP) is 2.06. The van der Waals surface area contributed by atoms with E-state index in [1.807, 2.05) is 6.07 Å². The third-order valence-corrected chi connectivity index (χ3v) is 3.31. The number of halogens is 1. The molecule has 0 saturated heterocycles. The second-order valence-corrected chi connectivity index (χ2v) is 5.14. The number of rotatable bonds is 8. The smallest absolute Gasteiger partial charge is 0.123 e. The first-order chi connectivity index (χ1) is 9.06. The van der Waals surface area contributed by atoms with Crippen molar-refractivity contribution in [3.05, 3.63) is 35.1 Å². The monoisotopic (exact) mass is 267 g/mol. The molecule has 0 spiro atoms. The average molecular weight is 267 g/mol.